The predicted octanol–water partition coefficient (Wildman–Crippen LogP) is 2.02. The Hall–Kier alpha value is -0.620. The summed E-state index contributed by atoms with van der Waals surface area (Å²) in [6.45, 7) is 8.83. The first-order valence-corrected chi connectivity index (χ1v) is 8.19. The second kappa shape index (κ2) is 8.13. The van der Waals surface area contributed by atoms with Crippen LogP contribution in [0.2, 0.25) is 0 Å². The molecule has 3 N–H and O–H groups in total. The van der Waals surface area contributed by atoms with E-state index in [0.717, 1.165) is 19.5 Å². The summed E-state index contributed by atoms with van der Waals surface area (Å²) < 4.78 is 0. The summed E-state index contributed by atoms with van der Waals surface area (Å²) in [6, 6.07) is 2.14. The third-order valence-corrected chi connectivity index (χ3v) is 5.08. The first kappa shape index (κ1) is 18.4. The summed E-state index contributed by atoms with van der Waals surface area (Å²) >= 11 is 1.85. The van der Waals surface area contributed by atoms with Gasteiger partial charge in [-0.2, -0.15) is 0 Å². The largest absolute Gasteiger partial charge is 0.353 e. The number of halogens is 1. The van der Waals surface area contributed by atoms with Gasteiger partial charge in [0.05, 0.1) is 6.04 Å². The predicted molar refractivity (Wildman–Crippen MR) is 91.0 cm³/mol. The number of thiophene rings is 1. The normalized spacial score (nSPS) is 17.8. The highest BCUT2D eigenvalue weighted by atomic mass is 35.5. The van der Waals surface area contributed by atoms with Crippen LogP contribution >= 0.6 is 23.7 Å². The van der Waals surface area contributed by atoms with Crippen molar-refractivity contribution >= 4 is 29.7 Å². The summed E-state index contributed by atoms with van der Waals surface area (Å²) in [6.07, 6.45) is 1.12. The Bertz CT molecular complexity index is 464. The average Bonchev–Trinajstić information content (AvgIpc) is 2.90. The molecule has 0 saturated heterocycles. The molecule has 1 aromatic heterocycles. The van der Waals surface area contributed by atoms with Crippen molar-refractivity contribution < 1.29 is 4.79 Å². The van der Waals surface area contributed by atoms with Crippen molar-refractivity contribution in [2.75, 3.05) is 13.1 Å². The second-order valence-corrected chi connectivity index (χ2v) is 6.95. The van der Waals surface area contributed by atoms with Gasteiger partial charge in [-0.3, -0.25) is 9.69 Å². The van der Waals surface area contributed by atoms with E-state index in [4.69, 9.17) is 5.73 Å². The van der Waals surface area contributed by atoms with Crippen LogP contribution in [-0.2, 0) is 17.8 Å². The molecule has 1 aliphatic rings. The minimum Gasteiger partial charge on any atom is -0.353 e. The molecular weight excluding hydrogens is 306 g/mol. The van der Waals surface area contributed by atoms with E-state index in [2.05, 4.69) is 28.6 Å². The van der Waals surface area contributed by atoms with Crippen molar-refractivity contribution in [1.82, 2.24) is 10.2 Å². The average molecular weight is 332 g/mol. The summed E-state index contributed by atoms with van der Waals surface area (Å²) in [5.41, 5.74) is 7.29. The van der Waals surface area contributed by atoms with Crippen molar-refractivity contribution in [3.8, 4) is 0 Å². The third kappa shape index (κ3) is 4.68. The molecule has 0 fully saturated rings. The fraction of sp³-hybridized carbons (Fsp3) is 0.667. The van der Waals surface area contributed by atoms with Gasteiger partial charge in [0.2, 0.25) is 5.91 Å². The molecule has 0 aliphatic carbocycles. The Labute approximate surface area is 137 Å². The molecule has 1 unspecified atom stereocenters. The number of hydrogen-bond donors (Lipinski definition) is 2. The highest BCUT2D eigenvalue weighted by molar-refractivity contribution is 7.10. The Kier molecular flexibility index (Phi) is 7.13. The zero-order valence-electron chi connectivity index (χ0n) is 13.0. The van der Waals surface area contributed by atoms with Crippen LogP contribution in [0.25, 0.3) is 0 Å². The molecule has 0 spiro atoms. The van der Waals surface area contributed by atoms with E-state index < -0.39 is 6.04 Å². The fourth-order valence-electron chi connectivity index (χ4n) is 2.44. The molecule has 1 aliphatic heterocycles. The summed E-state index contributed by atoms with van der Waals surface area (Å²) in [5.74, 6) is 0.133. The maximum Gasteiger partial charge on any atom is 0.237 e. The molecule has 1 aromatic rings. The van der Waals surface area contributed by atoms with Crippen LogP contribution in [0.1, 0.15) is 31.2 Å². The minimum atomic E-state index is -0.410. The van der Waals surface area contributed by atoms with Gasteiger partial charge in [-0.15, -0.1) is 23.7 Å². The van der Waals surface area contributed by atoms with Gasteiger partial charge >= 0.3 is 0 Å². The Morgan fingerprint density at radius 1 is 1.48 bits per heavy atom. The van der Waals surface area contributed by atoms with Gasteiger partial charge in [0.25, 0.3) is 0 Å². The summed E-state index contributed by atoms with van der Waals surface area (Å²) in [4.78, 5) is 15.8. The van der Waals surface area contributed by atoms with Gasteiger partial charge < -0.3 is 11.1 Å². The highest BCUT2D eigenvalue weighted by Gasteiger charge is 2.23. The molecule has 0 radical (unpaired) electrons. The molecule has 2 heterocycles. The minimum absolute atomic E-state index is 0. The number of carbonyl (C=O) groups is 1. The number of nitrogens with zero attached hydrogens (tertiary/aromatic N) is 1. The van der Waals surface area contributed by atoms with E-state index in [1.807, 2.05) is 25.2 Å². The Morgan fingerprint density at radius 3 is 2.86 bits per heavy atom. The van der Waals surface area contributed by atoms with E-state index in [0.29, 0.717) is 12.6 Å². The van der Waals surface area contributed by atoms with Gasteiger partial charge in [0.1, 0.15) is 0 Å². The first-order chi connectivity index (χ1) is 9.49. The molecule has 21 heavy (non-hydrogen) atoms. The van der Waals surface area contributed by atoms with Crippen LogP contribution in [0.15, 0.2) is 11.4 Å². The third-order valence-electron chi connectivity index (χ3n) is 4.05. The van der Waals surface area contributed by atoms with Crippen LogP contribution in [0.3, 0.4) is 0 Å². The second-order valence-electron chi connectivity index (χ2n) is 5.95. The summed E-state index contributed by atoms with van der Waals surface area (Å²) in [5, 5.41) is 5.14. The first-order valence-electron chi connectivity index (χ1n) is 7.31. The molecule has 6 heteroatoms. The lowest BCUT2D eigenvalue weighted by Gasteiger charge is -2.32. The number of carbonyl (C=O) groups excluding carboxylic acids is 1. The van der Waals surface area contributed by atoms with Gasteiger partial charge in [0, 0.05) is 30.6 Å². The maximum absolute atomic E-state index is 11.9. The zero-order valence-corrected chi connectivity index (χ0v) is 14.6. The zero-order chi connectivity index (χ0) is 14.7. The number of fused-ring (bicyclic) bond motifs is 1. The quantitative estimate of drug-likeness (QED) is 0.867. The van der Waals surface area contributed by atoms with E-state index in [1.54, 1.807) is 0 Å². The van der Waals surface area contributed by atoms with Crippen LogP contribution < -0.4 is 11.1 Å². The monoisotopic (exact) mass is 331 g/mol. The lowest BCUT2D eigenvalue weighted by atomic mass is 10.0. The van der Waals surface area contributed by atoms with Crippen LogP contribution in [0, 0.1) is 5.92 Å². The van der Waals surface area contributed by atoms with Gasteiger partial charge in [-0.05, 0) is 36.3 Å². The van der Waals surface area contributed by atoms with Crippen molar-refractivity contribution in [1.29, 1.82) is 0 Å². The van der Waals surface area contributed by atoms with Crippen molar-refractivity contribution in [3.05, 3.63) is 21.9 Å². The molecule has 1 amide bonds. The lowest BCUT2D eigenvalue weighted by Crippen LogP contribution is -2.49. The topological polar surface area (TPSA) is 58.4 Å². The van der Waals surface area contributed by atoms with Crippen molar-refractivity contribution in [3.63, 3.8) is 0 Å². The van der Waals surface area contributed by atoms with Gasteiger partial charge in [-0.1, -0.05) is 13.8 Å². The number of hydrogen-bond acceptors (Lipinski definition) is 4. The molecule has 0 aromatic carbocycles. The standard InChI is InChI=1S/C15H25N3OS.ClH/c1-10(2)14(16)15(19)17-8-11(3)18-6-4-13-12(9-18)5-7-20-13;/h5,7,10-11,14H,4,6,8-9,16H2,1-3H3,(H,17,19);1H/t11?,14-;/m0./s1. The van der Waals surface area contributed by atoms with E-state index in [1.165, 1.54) is 10.4 Å². The SMILES string of the molecule is CC(C)[C@H](N)C(=O)NCC(C)N1CCc2sccc2C1.Cl. The van der Waals surface area contributed by atoms with Crippen molar-refractivity contribution in [2.45, 2.75) is 45.8 Å². The Balaban J connectivity index is 0.00000220. The molecule has 120 valence electrons. The van der Waals surface area contributed by atoms with E-state index >= 15 is 0 Å². The highest BCUT2D eigenvalue weighted by Crippen LogP contribution is 2.24. The fourth-order valence-corrected chi connectivity index (χ4v) is 3.33. The molecule has 0 saturated carbocycles. The molecule has 2 rings (SSSR count). The number of nitrogens with one attached hydrogen (secondary N) is 1. The molecule has 0 bridgehead atoms. The van der Waals surface area contributed by atoms with Crippen molar-refractivity contribution in [2.24, 2.45) is 11.7 Å². The van der Waals surface area contributed by atoms with Gasteiger partial charge in [-0.25, -0.2) is 0 Å². The van der Waals surface area contributed by atoms with E-state index in [-0.39, 0.29) is 24.2 Å². The number of amides is 1. The van der Waals surface area contributed by atoms with Crippen LogP contribution in [-0.4, -0.2) is 36.0 Å². The van der Waals surface area contributed by atoms with Crippen LogP contribution in [0.4, 0.5) is 0 Å². The maximum atomic E-state index is 11.9. The van der Waals surface area contributed by atoms with E-state index in [9.17, 15) is 4.79 Å². The number of nitrogens with two attached hydrogens (primary N) is 1. The molecule has 4 nitrogen and oxygen atoms in total. The number of rotatable bonds is 5. The molecular formula is C15H26ClN3OS. The summed E-state index contributed by atoms with van der Waals surface area (Å²) in [7, 11) is 0. The smallest absolute Gasteiger partial charge is 0.237 e. The Morgan fingerprint density at radius 2 is 2.19 bits per heavy atom. The molecule has 2 atom stereocenters. The lowest BCUT2D eigenvalue weighted by molar-refractivity contribution is -0.123. The van der Waals surface area contributed by atoms with Gasteiger partial charge in [0.15, 0.2) is 0 Å². The van der Waals surface area contributed by atoms with Crippen LogP contribution in [0.5, 0.6) is 0 Å².